The minimum atomic E-state index is -1.01. The summed E-state index contributed by atoms with van der Waals surface area (Å²) in [6, 6.07) is 0.0519. The topological polar surface area (TPSA) is 69.6 Å². The van der Waals surface area contributed by atoms with Crippen molar-refractivity contribution in [2.24, 2.45) is 0 Å². The van der Waals surface area contributed by atoms with Crippen LogP contribution in [0.25, 0.3) is 0 Å². The van der Waals surface area contributed by atoms with Crippen LogP contribution in [0.5, 0.6) is 0 Å². The van der Waals surface area contributed by atoms with E-state index in [1.54, 1.807) is 6.92 Å². The molecular weight excluding hydrogens is 196 g/mol. The molecule has 0 radical (unpaired) electrons. The predicted molar refractivity (Wildman–Crippen MR) is 53.5 cm³/mol. The van der Waals surface area contributed by atoms with Gasteiger partial charge in [0.25, 0.3) is 0 Å². The Morgan fingerprint density at radius 3 is 2.67 bits per heavy atom. The smallest absolute Gasteiger partial charge is 0.329 e. The highest BCUT2D eigenvalue weighted by Crippen LogP contribution is 2.30. The third-order valence-corrected chi connectivity index (χ3v) is 3.25. The fourth-order valence-corrected chi connectivity index (χ4v) is 1.99. The standard InChI is InChI=1S/C10H16N2O3/c1-10(8(13)14)5-2-6-12(10)9(15)11-7-3-4-7/h7H,2-6H2,1H3,(H,11,15)(H,13,14). The van der Waals surface area contributed by atoms with E-state index in [2.05, 4.69) is 5.32 Å². The third-order valence-electron chi connectivity index (χ3n) is 3.25. The molecule has 0 spiro atoms. The van der Waals surface area contributed by atoms with Crippen LogP contribution in [0.1, 0.15) is 32.6 Å². The monoisotopic (exact) mass is 212 g/mol. The number of nitrogens with zero attached hydrogens (tertiary/aromatic N) is 1. The van der Waals surface area contributed by atoms with Crippen LogP contribution in [0, 0.1) is 0 Å². The summed E-state index contributed by atoms with van der Waals surface area (Å²) in [5.74, 6) is -0.911. The number of likely N-dealkylation sites (tertiary alicyclic amines) is 1. The quantitative estimate of drug-likeness (QED) is 0.711. The number of hydrogen-bond donors (Lipinski definition) is 2. The molecule has 1 atom stereocenters. The van der Waals surface area contributed by atoms with Gasteiger partial charge in [0.05, 0.1) is 0 Å². The van der Waals surface area contributed by atoms with Gasteiger partial charge in [-0.15, -0.1) is 0 Å². The Morgan fingerprint density at radius 1 is 1.47 bits per heavy atom. The second-order valence-electron chi connectivity index (χ2n) is 4.56. The fourth-order valence-electron chi connectivity index (χ4n) is 1.99. The van der Waals surface area contributed by atoms with Gasteiger partial charge in [-0.2, -0.15) is 0 Å². The molecule has 2 amide bonds. The van der Waals surface area contributed by atoms with Crippen LogP contribution in [0.2, 0.25) is 0 Å². The third kappa shape index (κ3) is 1.78. The van der Waals surface area contributed by atoms with E-state index in [1.807, 2.05) is 0 Å². The van der Waals surface area contributed by atoms with Crippen molar-refractivity contribution in [3.05, 3.63) is 0 Å². The van der Waals surface area contributed by atoms with E-state index in [0.717, 1.165) is 19.3 Å². The first-order valence-corrected chi connectivity index (χ1v) is 5.35. The van der Waals surface area contributed by atoms with E-state index in [-0.39, 0.29) is 12.1 Å². The second kappa shape index (κ2) is 3.40. The summed E-state index contributed by atoms with van der Waals surface area (Å²) in [5.41, 5.74) is -1.01. The number of urea groups is 1. The van der Waals surface area contributed by atoms with Crippen molar-refractivity contribution in [3.63, 3.8) is 0 Å². The second-order valence-corrected chi connectivity index (χ2v) is 4.56. The Morgan fingerprint density at radius 2 is 2.13 bits per heavy atom. The molecule has 0 aromatic heterocycles. The van der Waals surface area contributed by atoms with Gasteiger partial charge in [0.2, 0.25) is 0 Å². The highest BCUT2D eigenvalue weighted by atomic mass is 16.4. The molecule has 1 aliphatic heterocycles. The van der Waals surface area contributed by atoms with Crippen LogP contribution in [-0.4, -0.2) is 40.1 Å². The van der Waals surface area contributed by atoms with E-state index in [4.69, 9.17) is 5.11 Å². The summed E-state index contributed by atoms with van der Waals surface area (Å²) < 4.78 is 0. The number of carbonyl (C=O) groups is 2. The molecule has 1 saturated carbocycles. The van der Waals surface area contributed by atoms with Crippen LogP contribution in [0.3, 0.4) is 0 Å². The van der Waals surface area contributed by atoms with Gasteiger partial charge >= 0.3 is 12.0 Å². The first-order valence-electron chi connectivity index (χ1n) is 5.35. The molecule has 5 heteroatoms. The van der Waals surface area contributed by atoms with Crippen LogP contribution < -0.4 is 5.32 Å². The maximum atomic E-state index is 11.8. The van der Waals surface area contributed by atoms with Crippen molar-refractivity contribution in [3.8, 4) is 0 Å². The van der Waals surface area contributed by atoms with E-state index in [1.165, 1.54) is 4.90 Å². The van der Waals surface area contributed by atoms with Gasteiger partial charge in [-0.3, -0.25) is 0 Å². The minimum absolute atomic E-state index is 0.222. The number of carboxylic acids is 1. The number of carbonyl (C=O) groups excluding carboxylic acids is 1. The fraction of sp³-hybridized carbons (Fsp3) is 0.800. The van der Waals surface area contributed by atoms with Gasteiger partial charge < -0.3 is 15.3 Å². The Hall–Kier alpha value is -1.26. The van der Waals surface area contributed by atoms with Crippen molar-refractivity contribution < 1.29 is 14.7 Å². The summed E-state index contributed by atoms with van der Waals surface area (Å²) >= 11 is 0. The van der Waals surface area contributed by atoms with Gasteiger partial charge in [0, 0.05) is 12.6 Å². The average Bonchev–Trinajstić information content (AvgIpc) is 2.87. The highest BCUT2D eigenvalue weighted by molar-refractivity contribution is 5.86. The minimum Gasteiger partial charge on any atom is -0.480 e. The van der Waals surface area contributed by atoms with E-state index >= 15 is 0 Å². The molecule has 84 valence electrons. The van der Waals surface area contributed by atoms with Gasteiger partial charge in [0.1, 0.15) is 5.54 Å². The lowest BCUT2D eigenvalue weighted by atomic mass is 10.00. The average molecular weight is 212 g/mol. The van der Waals surface area contributed by atoms with Gasteiger partial charge in [-0.05, 0) is 32.6 Å². The molecule has 0 aromatic carbocycles. The van der Waals surface area contributed by atoms with Crippen molar-refractivity contribution in [2.75, 3.05) is 6.54 Å². The largest absolute Gasteiger partial charge is 0.480 e. The van der Waals surface area contributed by atoms with Gasteiger partial charge in [-0.1, -0.05) is 0 Å². The van der Waals surface area contributed by atoms with E-state index < -0.39 is 11.5 Å². The number of rotatable bonds is 2. The number of hydrogen-bond acceptors (Lipinski definition) is 2. The maximum Gasteiger partial charge on any atom is 0.329 e. The predicted octanol–water partition coefficient (Wildman–Crippen LogP) is 0.797. The molecule has 1 heterocycles. The lowest BCUT2D eigenvalue weighted by Gasteiger charge is -2.31. The zero-order valence-electron chi connectivity index (χ0n) is 8.82. The highest BCUT2D eigenvalue weighted by Gasteiger charge is 2.46. The molecule has 2 rings (SSSR count). The van der Waals surface area contributed by atoms with Crippen molar-refractivity contribution in [2.45, 2.75) is 44.2 Å². The molecule has 1 unspecified atom stereocenters. The van der Waals surface area contributed by atoms with Crippen molar-refractivity contribution in [1.82, 2.24) is 10.2 Å². The molecule has 2 fully saturated rings. The van der Waals surface area contributed by atoms with E-state index in [0.29, 0.717) is 13.0 Å². The molecule has 2 N–H and O–H groups in total. The van der Waals surface area contributed by atoms with Crippen LogP contribution in [0.4, 0.5) is 4.79 Å². The number of nitrogens with one attached hydrogen (secondary N) is 1. The molecule has 0 aromatic rings. The molecule has 2 aliphatic rings. The Kier molecular flexibility index (Phi) is 2.32. The Bertz CT molecular complexity index is 301. The molecular formula is C10H16N2O3. The summed E-state index contributed by atoms with van der Waals surface area (Å²) in [7, 11) is 0. The van der Waals surface area contributed by atoms with Crippen LogP contribution in [-0.2, 0) is 4.79 Å². The SMILES string of the molecule is CC1(C(=O)O)CCCN1C(=O)NC1CC1. The first kappa shape index (κ1) is 10.3. The van der Waals surface area contributed by atoms with Crippen LogP contribution in [0.15, 0.2) is 0 Å². The van der Waals surface area contributed by atoms with Crippen LogP contribution >= 0.6 is 0 Å². The lowest BCUT2D eigenvalue weighted by Crippen LogP contribution is -2.54. The molecule has 1 saturated heterocycles. The summed E-state index contributed by atoms with van der Waals surface area (Å²) in [4.78, 5) is 24.3. The van der Waals surface area contributed by atoms with Crippen molar-refractivity contribution in [1.29, 1.82) is 0 Å². The summed E-state index contributed by atoms with van der Waals surface area (Å²) in [6.45, 7) is 2.16. The molecule has 0 bridgehead atoms. The summed E-state index contributed by atoms with van der Waals surface area (Å²) in [5, 5.41) is 11.9. The molecule has 1 aliphatic carbocycles. The lowest BCUT2D eigenvalue weighted by molar-refractivity contribution is -0.147. The van der Waals surface area contributed by atoms with Gasteiger partial charge in [0.15, 0.2) is 0 Å². The maximum absolute atomic E-state index is 11.8. The number of amides is 2. The Labute approximate surface area is 88.4 Å². The zero-order valence-corrected chi connectivity index (χ0v) is 8.82. The van der Waals surface area contributed by atoms with Crippen molar-refractivity contribution >= 4 is 12.0 Å². The summed E-state index contributed by atoms with van der Waals surface area (Å²) in [6.07, 6.45) is 3.34. The van der Waals surface area contributed by atoms with E-state index in [9.17, 15) is 9.59 Å². The first-order chi connectivity index (χ1) is 7.04. The zero-order chi connectivity index (χ0) is 11.1. The molecule has 15 heavy (non-hydrogen) atoms. The molecule has 5 nitrogen and oxygen atoms in total. The van der Waals surface area contributed by atoms with Gasteiger partial charge in [-0.25, -0.2) is 9.59 Å². The number of carboxylic acid groups (broad SMARTS) is 1. The normalized spacial score (nSPS) is 30.3. The number of aliphatic carboxylic acids is 1. The Balaban J connectivity index is 2.05.